The number of fused-ring (bicyclic) bond motifs is 14. The molecule has 0 fully saturated rings. The number of hydrogen-bond acceptors (Lipinski definition) is 1. The Morgan fingerprint density at radius 3 is 1.90 bits per heavy atom. The van der Waals surface area contributed by atoms with Gasteiger partial charge in [0.25, 0.3) is 0 Å². The van der Waals surface area contributed by atoms with Gasteiger partial charge in [0, 0.05) is 64.0 Å². The maximum atomic E-state index is 2.63. The fourth-order valence-corrected chi connectivity index (χ4v) is 12.4. The third-order valence-electron chi connectivity index (χ3n) is 14.6. The van der Waals surface area contributed by atoms with E-state index in [-0.39, 0.29) is 28.4 Å². The minimum atomic E-state index is -0.242. The van der Waals surface area contributed by atoms with Crippen molar-refractivity contribution in [3.8, 4) is 11.4 Å². The lowest BCUT2D eigenvalue weighted by Crippen LogP contribution is -2.63. The number of thiophene rings is 1. The molecule has 2 nitrogen and oxygen atoms in total. The van der Waals surface area contributed by atoms with Crippen molar-refractivity contribution >= 4 is 98.2 Å². The Hall–Kier alpha value is -5.58. The molecule has 61 heavy (non-hydrogen) atoms. The van der Waals surface area contributed by atoms with Crippen LogP contribution in [-0.4, -0.2) is 15.8 Å². The summed E-state index contributed by atoms with van der Waals surface area (Å²) in [6.45, 7) is 26.1. The predicted octanol–water partition coefficient (Wildman–Crippen LogP) is 13.6. The number of rotatable bonds is 1. The summed E-state index contributed by atoms with van der Waals surface area (Å²) in [6.07, 6.45) is 0. The van der Waals surface area contributed by atoms with E-state index >= 15 is 0 Å². The SMILES string of the molecule is CC(C)(C)c1ccc(-n2c3cc4c(cc3c3ccc5sc6ccccc6c5c32)B2c3c(cccc3C4(C)C)-n3c4ccc(C(C)(C)C)cc4c4cc(C(C)(C)C)cc2c43)cc1. The summed E-state index contributed by atoms with van der Waals surface area (Å²) in [4.78, 5) is 0. The summed E-state index contributed by atoms with van der Waals surface area (Å²) < 4.78 is 7.90. The highest BCUT2D eigenvalue weighted by Crippen LogP contribution is 2.47. The van der Waals surface area contributed by atoms with Crippen LogP contribution in [0, 0.1) is 0 Å². The second-order valence-electron chi connectivity index (χ2n) is 21.8. The molecular formula is C57H53BN2S. The van der Waals surface area contributed by atoms with Crippen LogP contribution < -0.4 is 16.4 Å². The molecule has 2 aliphatic heterocycles. The summed E-state index contributed by atoms with van der Waals surface area (Å²) in [5.74, 6) is 0. The van der Waals surface area contributed by atoms with Crippen LogP contribution in [0.1, 0.15) is 104 Å². The highest BCUT2D eigenvalue weighted by atomic mass is 32.1. The summed E-state index contributed by atoms with van der Waals surface area (Å²) in [5.41, 5.74) is 18.9. The molecule has 0 saturated heterocycles. The van der Waals surface area contributed by atoms with Crippen molar-refractivity contribution in [2.24, 2.45) is 0 Å². The van der Waals surface area contributed by atoms with Gasteiger partial charge in [0.15, 0.2) is 0 Å². The van der Waals surface area contributed by atoms with Gasteiger partial charge >= 0.3 is 0 Å². The van der Waals surface area contributed by atoms with E-state index in [1.165, 1.54) is 119 Å². The smallest absolute Gasteiger partial charge is 0.247 e. The minimum Gasteiger partial charge on any atom is -0.310 e. The van der Waals surface area contributed by atoms with Gasteiger partial charge in [-0.15, -0.1) is 11.3 Å². The lowest BCUT2D eigenvalue weighted by molar-refractivity contribution is 0.590. The highest BCUT2D eigenvalue weighted by molar-refractivity contribution is 7.26. The third-order valence-corrected chi connectivity index (χ3v) is 15.8. The molecular weight excluding hydrogens is 756 g/mol. The van der Waals surface area contributed by atoms with Crippen molar-refractivity contribution in [3.05, 3.63) is 149 Å². The lowest BCUT2D eigenvalue weighted by atomic mass is 9.30. The Kier molecular flexibility index (Phi) is 7.24. The summed E-state index contributed by atoms with van der Waals surface area (Å²) in [7, 11) is 0. The van der Waals surface area contributed by atoms with Gasteiger partial charge in [0.05, 0.1) is 16.6 Å². The van der Waals surface area contributed by atoms with Gasteiger partial charge in [-0.3, -0.25) is 0 Å². The summed E-state index contributed by atoms with van der Waals surface area (Å²) >= 11 is 1.91. The number of benzene rings is 7. The quantitative estimate of drug-likeness (QED) is 0.146. The number of nitrogens with zero attached hydrogens (tertiary/aromatic N) is 2. The molecule has 0 radical (unpaired) electrons. The van der Waals surface area contributed by atoms with Crippen LogP contribution in [0.2, 0.25) is 0 Å². The molecule has 0 atom stereocenters. The van der Waals surface area contributed by atoms with Crippen LogP contribution in [0.15, 0.2) is 121 Å². The second-order valence-corrected chi connectivity index (χ2v) is 22.9. The van der Waals surface area contributed by atoms with Gasteiger partial charge in [0.2, 0.25) is 6.71 Å². The summed E-state index contributed by atoms with van der Waals surface area (Å²) in [6, 6.07) is 47.9. The van der Waals surface area contributed by atoms with E-state index in [0.29, 0.717) is 0 Å². The van der Waals surface area contributed by atoms with E-state index in [2.05, 4.69) is 207 Å². The number of hydrogen-bond donors (Lipinski definition) is 0. The van der Waals surface area contributed by atoms with Crippen LogP contribution >= 0.6 is 11.3 Å². The van der Waals surface area contributed by atoms with Gasteiger partial charge in [-0.1, -0.05) is 148 Å². The maximum absolute atomic E-state index is 2.63. The fraction of sp³-hybridized carbons (Fsp3) is 0.263. The van der Waals surface area contributed by atoms with Crippen LogP contribution in [0.4, 0.5) is 0 Å². The Morgan fingerprint density at radius 1 is 0.475 bits per heavy atom. The standard InChI is InChI=1S/C57H53BN2S/c1-54(2,3)32-19-22-35(23-20-32)59-47-31-42-43(30-39(47)36-24-26-49-50(53(36)59)37-15-12-13-18-48(37)61-49)58-44-29-34(56(7,8)9)28-40-38-27-33(55(4,5)6)21-25-45(38)60(52(40)44)46-17-14-16-41(51(46)58)57(42,10)11/h12-31H,1-11H3. The van der Waals surface area contributed by atoms with E-state index in [0.717, 1.165) is 0 Å². The molecule has 12 rings (SSSR count). The molecule has 0 bridgehead atoms. The molecule has 0 saturated carbocycles. The topological polar surface area (TPSA) is 9.86 Å². The van der Waals surface area contributed by atoms with Crippen molar-refractivity contribution < 1.29 is 0 Å². The minimum absolute atomic E-state index is 0.0219. The third kappa shape index (κ3) is 4.97. The molecule has 300 valence electrons. The Labute approximate surface area is 363 Å². The van der Waals surface area contributed by atoms with Gasteiger partial charge in [-0.25, -0.2) is 0 Å². The van der Waals surface area contributed by atoms with Crippen LogP contribution in [0.5, 0.6) is 0 Å². The highest BCUT2D eigenvalue weighted by Gasteiger charge is 2.46. The Morgan fingerprint density at radius 2 is 1.16 bits per heavy atom. The number of aromatic nitrogens is 2. The molecule has 5 heterocycles. The second kappa shape index (κ2) is 11.9. The first-order valence-corrected chi connectivity index (χ1v) is 23.0. The van der Waals surface area contributed by atoms with Crippen molar-refractivity contribution in [1.82, 2.24) is 9.13 Å². The molecule has 0 N–H and O–H groups in total. The van der Waals surface area contributed by atoms with Gasteiger partial charge in [-0.2, -0.15) is 0 Å². The average molecular weight is 809 g/mol. The van der Waals surface area contributed by atoms with Gasteiger partial charge in [0.1, 0.15) is 0 Å². The van der Waals surface area contributed by atoms with Crippen molar-refractivity contribution in [1.29, 1.82) is 0 Å². The monoisotopic (exact) mass is 808 g/mol. The first-order chi connectivity index (χ1) is 28.9. The maximum Gasteiger partial charge on any atom is 0.247 e. The first-order valence-electron chi connectivity index (χ1n) is 22.2. The van der Waals surface area contributed by atoms with E-state index in [1.54, 1.807) is 0 Å². The first kappa shape index (κ1) is 37.2. The Bertz CT molecular complexity index is 3550. The largest absolute Gasteiger partial charge is 0.310 e. The molecule has 0 unspecified atom stereocenters. The summed E-state index contributed by atoms with van der Waals surface area (Å²) in [5, 5.41) is 8.06. The Balaban J connectivity index is 1.24. The van der Waals surface area contributed by atoms with Crippen LogP contribution in [0.3, 0.4) is 0 Å². The molecule has 4 heteroatoms. The van der Waals surface area contributed by atoms with Crippen LogP contribution in [-0.2, 0) is 21.7 Å². The average Bonchev–Trinajstić information content (AvgIpc) is 3.87. The molecule has 0 aliphatic carbocycles. The van der Waals surface area contributed by atoms with E-state index in [4.69, 9.17) is 0 Å². The van der Waals surface area contributed by atoms with E-state index in [1.807, 2.05) is 11.3 Å². The molecule has 3 aromatic heterocycles. The molecule has 7 aromatic carbocycles. The normalized spacial score (nSPS) is 14.9. The zero-order chi connectivity index (χ0) is 42.3. The van der Waals surface area contributed by atoms with Crippen LogP contribution in [0.25, 0.3) is 75.2 Å². The zero-order valence-electron chi connectivity index (χ0n) is 37.4. The molecule has 0 amide bonds. The van der Waals surface area contributed by atoms with E-state index < -0.39 is 0 Å². The zero-order valence-corrected chi connectivity index (χ0v) is 38.2. The van der Waals surface area contributed by atoms with E-state index in [9.17, 15) is 0 Å². The van der Waals surface area contributed by atoms with Gasteiger partial charge in [-0.05, 0) is 110 Å². The van der Waals surface area contributed by atoms with Crippen molar-refractivity contribution in [2.45, 2.75) is 97.8 Å². The van der Waals surface area contributed by atoms with Gasteiger partial charge < -0.3 is 9.13 Å². The van der Waals surface area contributed by atoms with Crippen molar-refractivity contribution in [3.63, 3.8) is 0 Å². The lowest BCUT2D eigenvalue weighted by Gasteiger charge is -2.42. The molecule has 2 aliphatic rings. The van der Waals surface area contributed by atoms with Crippen molar-refractivity contribution in [2.75, 3.05) is 0 Å². The fourth-order valence-electron chi connectivity index (χ4n) is 11.3. The molecule has 10 aromatic rings. The molecule has 0 spiro atoms. The predicted molar refractivity (Wildman–Crippen MR) is 267 cm³/mol.